The third-order valence-corrected chi connectivity index (χ3v) is 4.88. The third-order valence-electron chi connectivity index (χ3n) is 4.88. The van der Waals surface area contributed by atoms with Gasteiger partial charge in [-0.3, -0.25) is 9.80 Å². The summed E-state index contributed by atoms with van der Waals surface area (Å²) in [6.07, 6.45) is 0.818. The fraction of sp³-hybridized carbons (Fsp3) is 0.700. The van der Waals surface area contributed by atoms with Gasteiger partial charge in [0.2, 0.25) is 5.75 Å². The Morgan fingerprint density at radius 3 is 2.23 bits per heavy atom. The number of rotatable bonds is 9. The summed E-state index contributed by atoms with van der Waals surface area (Å²) in [5, 5.41) is 9.45. The zero-order chi connectivity index (χ0) is 19.1. The Morgan fingerprint density at radius 1 is 1.08 bits per heavy atom. The van der Waals surface area contributed by atoms with E-state index in [1.807, 2.05) is 12.1 Å². The lowest BCUT2D eigenvalue weighted by Crippen LogP contribution is -2.53. The van der Waals surface area contributed by atoms with Crippen molar-refractivity contribution < 1.29 is 19.3 Å². The van der Waals surface area contributed by atoms with Gasteiger partial charge in [-0.25, -0.2) is 0 Å². The molecule has 26 heavy (non-hydrogen) atoms. The van der Waals surface area contributed by atoms with Crippen LogP contribution < -0.4 is 14.2 Å². The first-order chi connectivity index (χ1) is 12.5. The van der Waals surface area contributed by atoms with E-state index >= 15 is 0 Å². The molecule has 148 valence electrons. The van der Waals surface area contributed by atoms with Gasteiger partial charge in [0, 0.05) is 45.4 Å². The first-order valence-corrected chi connectivity index (χ1v) is 9.38. The third kappa shape index (κ3) is 5.25. The van der Waals surface area contributed by atoms with Gasteiger partial charge < -0.3 is 19.3 Å². The molecule has 1 aromatic carbocycles. The smallest absolute Gasteiger partial charge is 0.203 e. The molecule has 0 bridgehead atoms. The van der Waals surface area contributed by atoms with E-state index in [2.05, 4.69) is 23.6 Å². The van der Waals surface area contributed by atoms with Gasteiger partial charge >= 0.3 is 0 Å². The molecule has 0 saturated carbocycles. The van der Waals surface area contributed by atoms with E-state index in [-0.39, 0.29) is 6.61 Å². The first-order valence-electron chi connectivity index (χ1n) is 9.38. The SMILES string of the molecule is COc1cc(CN2CCN(CC(C)C)[C@H](CCO)C2)cc(OC)c1OC. The molecule has 1 heterocycles. The maximum atomic E-state index is 9.45. The molecule has 1 aliphatic rings. The van der Waals surface area contributed by atoms with E-state index in [9.17, 15) is 5.11 Å². The molecule has 1 fully saturated rings. The minimum absolute atomic E-state index is 0.233. The number of hydrogen-bond acceptors (Lipinski definition) is 6. The van der Waals surface area contributed by atoms with Crippen LogP contribution in [0.4, 0.5) is 0 Å². The highest BCUT2D eigenvalue weighted by atomic mass is 16.5. The molecule has 1 aromatic rings. The zero-order valence-corrected chi connectivity index (χ0v) is 16.8. The number of methoxy groups -OCH3 is 3. The minimum Gasteiger partial charge on any atom is -0.493 e. The maximum absolute atomic E-state index is 9.45. The predicted molar refractivity (Wildman–Crippen MR) is 103 cm³/mol. The number of hydrogen-bond donors (Lipinski definition) is 1. The van der Waals surface area contributed by atoms with Crippen LogP contribution in [0.25, 0.3) is 0 Å². The molecule has 1 atom stereocenters. The van der Waals surface area contributed by atoms with Crippen LogP contribution in [-0.4, -0.2) is 75.1 Å². The molecule has 6 nitrogen and oxygen atoms in total. The molecule has 0 unspecified atom stereocenters. The molecule has 0 aromatic heterocycles. The van der Waals surface area contributed by atoms with Gasteiger partial charge in [0.1, 0.15) is 0 Å². The molecule has 0 aliphatic carbocycles. The molecule has 2 rings (SSSR count). The van der Waals surface area contributed by atoms with Crippen molar-refractivity contribution in [1.29, 1.82) is 0 Å². The zero-order valence-electron chi connectivity index (χ0n) is 16.8. The fourth-order valence-corrected chi connectivity index (χ4v) is 3.72. The van der Waals surface area contributed by atoms with Crippen LogP contribution in [0.5, 0.6) is 17.2 Å². The van der Waals surface area contributed by atoms with Crippen LogP contribution in [-0.2, 0) is 6.54 Å². The topological polar surface area (TPSA) is 54.4 Å². The van der Waals surface area contributed by atoms with E-state index in [4.69, 9.17) is 14.2 Å². The average Bonchev–Trinajstić information content (AvgIpc) is 2.62. The Bertz CT molecular complexity index is 540. The number of aliphatic hydroxyl groups is 1. The van der Waals surface area contributed by atoms with Crippen molar-refractivity contribution in [1.82, 2.24) is 9.80 Å². The maximum Gasteiger partial charge on any atom is 0.203 e. The molecular weight excluding hydrogens is 332 g/mol. The highest BCUT2D eigenvalue weighted by Crippen LogP contribution is 2.38. The van der Waals surface area contributed by atoms with Crippen LogP contribution >= 0.6 is 0 Å². The molecule has 0 amide bonds. The van der Waals surface area contributed by atoms with Gasteiger partial charge in [0.25, 0.3) is 0 Å². The van der Waals surface area contributed by atoms with Gasteiger partial charge in [-0.05, 0) is 30.0 Å². The van der Waals surface area contributed by atoms with Crippen LogP contribution in [0.2, 0.25) is 0 Å². The molecule has 1 aliphatic heterocycles. The lowest BCUT2D eigenvalue weighted by Gasteiger charge is -2.42. The van der Waals surface area contributed by atoms with Crippen LogP contribution in [0.15, 0.2) is 12.1 Å². The summed E-state index contributed by atoms with van der Waals surface area (Å²) < 4.78 is 16.3. The van der Waals surface area contributed by atoms with E-state index < -0.39 is 0 Å². The van der Waals surface area contributed by atoms with E-state index in [0.717, 1.165) is 44.7 Å². The Hall–Kier alpha value is -1.50. The quantitative estimate of drug-likeness (QED) is 0.723. The number of benzene rings is 1. The van der Waals surface area contributed by atoms with E-state index in [0.29, 0.717) is 29.2 Å². The second kappa shape index (κ2) is 10.00. The van der Waals surface area contributed by atoms with Crippen molar-refractivity contribution >= 4 is 0 Å². The normalized spacial score (nSPS) is 19.0. The molecule has 0 radical (unpaired) electrons. The Morgan fingerprint density at radius 2 is 1.73 bits per heavy atom. The molecule has 1 saturated heterocycles. The Balaban J connectivity index is 2.11. The second-order valence-corrected chi connectivity index (χ2v) is 7.32. The lowest BCUT2D eigenvalue weighted by atomic mass is 10.0. The number of aliphatic hydroxyl groups excluding tert-OH is 1. The Kier molecular flexibility index (Phi) is 8.00. The highest BCUT2D eigenvalue weighted by molar-refractivity contribution is 5.53. The lowest BCUT2D eigenvalue weighted by molar-refractivity contribution is 0.0476. The summed E-state index contributed by atoms with van der Waals surface area (Å²) in [5.74, 6) is 2.64. The first kappa shape index (κ1) is 20.8. The molecular formula is C20H34N2O4. The van der Waals surface area contributed by atoms with Crippen LogP contribution in [0.1, 0.15) is 25.8 Å². The van der Waals surface area contributed by atoms with Gasteiger partial charge in [-0.2, -0.15) is 0 Å². The molecule has 0 spiro atoms. The number of ether oxygens (including phenoxy) is 3. The number of nitrogens with zero attached hydrogens (tertiary/aromatic N) is 2. The summed E-state index contributed by atoms with van der Waals surface area (Å²) in [4.78, 5) is 4.96. The molecule has 1 N–H and O–H groups in total. The van der Waals surface area contributed by atoms with Crippen molar-refractivity contribution in [3.63, 3.8) is 0 Å². The van der Waals surface area contributed by atoms with Crippen molar-refractivity contribution in [2.45, 2.75) is 32.9 Å². The monoisotopic (exact) mass is 366 g/mol. The standard InChI is InChI=1S/C20H34N2O4/c1-15(2)12-22-8-7-21(14-17(22)6-9-23)13-16-10-18(24-3)20(26-5)19(11-16)25-4/h10-11,15,17,23H,6-9,12-14H2,1-5H3/t17-/m1/s1. The van der Waals surface area contributed by atoms with Crippen molar-refractivity contribution in [3.05, 3.63) is 17.7 Å². The summed E-state index contributed by atoms with van der Waals surface area (Å²) >= 11 is 0. The van der Waals surface area contributed by atoms with Crippen LogP contribution in [0, 0.1) is 5.92 Å². The van der Waals surface area contributed by atoms with Crippen molar-refractivity contribution in [3.8, 4) is 17.2 Å². The summed E-state index contributed by atoms with van der Waals surface area (Å²) in [6.45, 7) is 9.66. The molecule has 6 heteroatoms. The summed E-state index contributed by atoms with van der Waals surface area (Å²) in [6, 6.07) is 4.43. The highest BCUT2D eigenvalue weighted by Gasteiger charge is 2.27. The summed E-state index contributed by atoms with van der Waals surface area (Å²) in [5.41, 5.74) is 1.14. The second-order valence-electron chi connectivity index (χ2n) is 7.32. The average molecular weight is 367 g/mol. The van der Waals surface area contributed by atoms with Gasteiger partial charge in [-0.1, -0.05) is 13.8 Å². The largest absolute Gasteiger partial charge is 0.493 e. The van der Waals surface area contributed by atoms with Crippen molar-refractivity contribution in [2.75, 3.05) is 54.1 Å². The summed E-state index contributed by atoms with van der Waals surface area (Å²) in [7, 11) is 4.90. The van der Waals surface area contributed by atoms with Gasteiger partial charge in [0.05, 0.1) is 21.3 Å². The van der Waals surface area contributed by atoms with Gasteiger partial charge in [0.15, 0.2) is 11.5 Å². The van der Waals surface area contributed by atoms with Crippen molar-refractivity contribution in [2.24, 2.45) is 5.92 Å². The Labute approximate surface area is 157 Å². The van der Waals surface area contributed by atoms with E-state index in [1.54, 1.807) is 21.3 Å². The number of piperazine rings is 1. The minimum atomic E-state index is 0.233. The van der Waals surface area contributed by atoms with Crippen LogP contribution in [0.3, 0.4) is 0 Å². The predicted octanol–water partition coefficient (Wildman–Crippen LogP) is 2.24. The van der Waals surface area contributed by atoms with Gasteiger partial charge in [-0.15, -0.1) is 0 Å². The van der Waals surface area contributed by atoms with E-state index in [1.165, 1.54) is 0 Å². The fourth-order valence-electron chi connectivity index (χ4n) is 3.72.